The van der Waals surface area contributed by atoms with Crippen molar-refractivity contribution >= 4 is 12.0 Å². The Morgan fingerprint density at radius 2 is 1.73 bits per heavy atom. The molecule has 0 aliphatic rings. The fraction of sp³-hybridized carbons (Fsp3) is 0.429. The van der Waals surface area contributed by atoms with Gasteiger partial charge in [-0.1, -0.05) is 30.3 Å². The third kappa shape index (κ3) is 6.19. The summed E-state index contributed by atoms with van der Waals surface area (Å²) in [6.07, 6.45) is -6.51. The van der Waals surface area contributed by atoms with Gasteiger partial charge in [-0.25, -0.2) is 4.79 Å². The van der Waals surface area contributed by atoms with E-state index >= 15 is 0 Å². The minimum Gasteiger partial charge on any atom is -0.444 e. The van der Waals surface area contributed by atoms with Gasteiger partial charge in [0.1, 0.15) is 18.8 Å². The van der Waals surface area contributed by atoms with Crippen molar-refractivity contribution in [1.29, 1.82) is 0 Å². The van der Waals surface area contributed by atoms with E-state index in [9.17, 15) is 19.8 Å². The molecule has 22 heavy (non-hydrogen) atoms. The van der Waals surface area contributed by atoms with E-state index in [1.807, 2.05) is 5.32 Å². The fourth-order valence-corrected chi connectivity index (χ4v) is 1.60. The van der Waals surface area contributed by atoms with Crippen molar-refractivity contribution in [2.75, 3.05) is 6.61 Å². The van der Waals surface area contributed by atoms with Crippen LogP contribution in [0.3, 0.4) is 0 Å². The lowest BCUT2D eigenvalue weighted by Gasteiger charge is -2.20. The van der Waals surface area contributed by atoms with Crippen molar-refractivity contribution in [1.82, 2.24) is 5.32 Å². The topological polar surface area (TPSA) is 136 Å². The fourth-order valence-electron chi connectivity index (χ4n) is 1.60. The molecule has 0 heterocycles. The van der Waals surface area contributed by atoms with Crippen LogP contribution in [0.15, 0.2) is 30.3 Å². The van der Waals surface area contributed by atoms with E-state index in [1.165, 1.54) is 0 Å². The zero-order valence-corrected chi connectivity index (χ0v) is 11.8. The Hall–Kier alpha value is -2.00. The number of benzene rings is 1. The van der Waals surface area contributed by atoms with E-state index < -0.39 is 43.3 Å². The van der Waals surface area contributed by atoms with E-state index in [2.05, 4.69) is 0 Å². The van der Waals surface area contributed by atoms with Crippen LogP contribution in [0.1, 0.15) is 12.0 Å². The summed E-state index contributed by atoms with van der Waals surface area (Å²) in [6, 6.07) is 8.83. The SMILES string of the molecule is O=C(C[C@@H](O)[C@H](O)[C@H](O)CO)NC(=O)OCc1ccccc1. The number of carbonyl (C=O) groups is 2. The van der Waals surface area contributed by atoms with E-state index in [0.29, 0.717) is 0 Å². The van der Waals surface area contributed by atoms with Crippen LogP contribution >= 0.6 is 0 Å². The Morgan fingerprint density at radius 3 is 2.32 bits per heavy atom. The van der Waals surface area contributed by atoms with E-state index in [4.69, 9.17) is 14.9 Å². The molecule has 0 fully saturated rings. The Balaban J connectivity index is 2.33. The highest BCUT2D eigenvalue weighted by atomic mass is 16.5. The predicted octanol–water partition coefficient (Wildman–Crippen LogP) is -1.10. The summed E-state index contributed by atoms with van der Waals surface area (Å²) in [5, 5.41) is 38.5. The molecule has 0 bridgehead atoms. The molecule has 8 heteroatoms. The predicted molar refractivity (Wildman–Crippen MR) is 74.5 cm³/mol. The second-order valence-corrected chi connectivity index (χ2v) is 4.62. The normalized spacial score (nSPS) is 14.7. The molecule has 2 amide bonds. The monoisotopic (exact) mass is 313 g/mol. The Morgan fingerprint density at radius 1 is 1.09 bits per heavy atom. The maximum atomic E-state index is 11.5. The lowest BCUT2D eigenvalue weighted by atomic mass is 10.1. The number of hydrogen-bond donors (Lipinski definition) is 5. The lowest BCUT2D eigenvalue weighted by Crippen LogP contribution is -2.43. The number of nitrogens with one attached hydrogen (secondary N) is 1. The van der Waals surface area contributed by atoms with Gasteiger partial charge in [-0.15, -0.1) is 0 Å². The first kappa shape index (κ1) is 18.1. The lowest BCUT2D eigenvalue weighted by molar-refractivity contribution is -0.127. The number of amides is 2. The molecule has 0 aromatic heterocycles. The third-order valence-electron chi connectivity index (χ3n) is 2.82. The van der Waals surface area contributed by atoms with Gasteiger partial charge in [0.25, 0.3) is 0 Å². The largest absolute Gasteiger partial charge is 0.444 e. The number of hydrogen-bond acceptors (Lipinski definition) is 7. The molecule has 1 aromatic carbocycles. The molecular formula is C14H19NO7. The van der Waals surface area contributed by atoms with Crippen LogP contribution in [-0.2, 0) is 16.1 Å². The molecular weight excluding hydrogens is 294 g/mol. The van der Waals surface area contributed by atoms with Gasteiger partial charge < -0.3 is 25.2 Å². The average Bonchev–Trinajstić information content (AvgIpc) is 2.52. The molecule has 1 aromatic rings. The van der Waals surface area contributed by atoms with Crippen molar-refractivity contribution < 1.29 is 34.8 Å². The van der Waals surface area contributed by atoms with Gasteiger partial charge in [-0.2, -0.15) is 0 Å². The molecule has 5 N–H and O–H groups in total. The Labute approximate surface area is 127 Å². The van der Waals surface area contributed by atoms with Crippen molar-refractivity contribution in [2.24, 2.45) is 0 Å². The Bertz CT molecular complexity index is 479. The summed E-state index contributed by atoms with van der Waals surface area (Å²) >= 11 is 0. The van der Waals surface area contributed by atoms with Gasteiger partial charge in [0.15, 0.2) is 0 Å². The molecule has 1 rings (SSSR count). The maximum absolute atomic E-state index is 11.5. The molecule has 0 spiro atoms. The van der Waals surface area contributed by atoms with Gasteiger partial charge in [-0.3, -0.25) is 10.1 Å². The second kappa shape index (κ2) is 9.11. The summed E-state index contributed by atoms with van der Waals surface area (Å²) in [5.74, 6) is -0.880. The first-order valence-electron chi connectivity index (χ1n) is 6.59. The summed E-state index contributed by atoms with van der Waals surface area (Å²) in [4.78, 5) is 22.8. The zero-order valence-electron chi connectivity index (χ0n) is 11.8. The van der Waals surface area contributed by atoms with Gasteiger partial charge in [0.2, 0.25) is 5.91 Å². The first-order chi connectivity index (χ1) is 10.4. The summed E-state index contributed by atoms with van der Waals surface area (Å²) in [5.41, 5.74) is 0.742. The van der Waals surface area contributed by atoms with Crippen molar-refractivity contribution in [3.8, 4) is 0 Å². The van der Waals surface area contributed by atoms with E-state index in [-0.39, 0.29) is 6.61 Å². The van der Waals surface area contributed by atoms with Crippen LogP contribution in [0.5, 0.6) is 0 Å². The number of rotatable bonds is 7. The van der Waals surface area contributed by atoms with E-state index in [1.54, 1.807) is 30.3 Å². The van der Waals surface area contributed by atoms with Crippen molar-refractivity contribution in [3.05, 3.63) is 35.9 Å². The number of imide groups is 1. The van der Waals surface area contributed by atoms with Crippen LogP contribution in [-0.4, -0.2) is 57.3 Å². The average molecular weight is 313 g/mol. The highest BCUT2D eigenvalue weighted by molar-refractivity contribution is 5.91. The van der Waals surface area contributed by atoms with Gasteiger partial charge >= 0.3 is 6.09 Å². The summed E-state index contributed by atoms with van der Waals surface area (Å²) < 4.78 is 4.81. The molecule has 0 saturated carbocycles. The minimum absolute atomic E-state index is 0.0195. The molecule has 122 valence electrons. The molecule has 0 saturated heterocycles. The number of ether oxygens (including phenoxy) is 1. The van der Waals surface area contributed by atoms with Gasteiger partial charge in [0, 0.05) is 0 Å². The van der Waals surface area contributed by atoms with Crippen LogP contribution in [0.4, 0.5) is 4.79 Å². The summed E-state index contributed by atoms with van der Waals surface area (Å²) in [7, 11) is 0. The van der Waals surface area contributed by atoms with Crippen LogP contribution < -0.4 is 5.32 Å². The highest BCUT2D eigenvalue weighted by Gasteiger charge is 2.26. The summed E-state index contributed by atoms with van der Waals surface area (Å²) in [6.45, 7) is -0.784. The highest BCUT2D eigenvalue weighted by Crippen LogP contribution is 2.05. The van der Waals surface area contributed by atoms with Crippen LogP contribution in [0.2, 0.25) is 0 Å². The molecule has 0 aliphatic heterocycles. The Kier molecular flexibility index (Phi) is 7.47. The smallest absolute Gasteiger partial charge is 0.414 e. The second-order valence-electron chi connectivity index (χ2n) is 4.62. The molecule has 3 atom stereocenters. The molecule has 0 aliphatic carbocycles. The third-order valence-corrected chi connectivity index (χ3v) is 2.82. The van der Waals surface area contributed by atoms with Gasteiger partial charge in [-0.05, 0) is 5.56 Å². The molecule has 0 unspecified atom stereocenters. The standard InChI is InChI=1S/C14H19NO7/c16-7-11(18)13(20)10(17)6-12(19)15-14(21)22-8-9-4-2-1-3-5-9/h1-5,10-11,13,16-18,20H,6-8H2,(H,15,19,21)/t10-,11-,13+/m1/s1. The zero-order chi connectivity index (χ0) is 16.5. The number of aliphatic hydroxyl groups excluding tert-OH is 4. The quantitative estimate of drug-likeness (QED) is 0.431. The molecule has 8 nitrogen and oxygen atoms in total. The van der Waals surface area contributed by atoms with Crippen molar-refractivity contribution in [3.63, 3.8) is 0 Å². The minimum atomic E-state index is -1.70. The first-order valence-corrected chi connectivity index (χ1v) is 6.59. The van der Waals surface area contributed by atoms with Crippen LogP contribution in [0.25, 0.3) is 0 Å². The number of aliphatic hydroxyl groups is 4. The number of alkyl carbamates (subject to hydrolysis) is 1. The molecule has 0 radical (unpaired) electrons. The number of carbonyl (C=O) groups excluding carboxylic acids is 2. The van der Waals surface area contributed by atoms with Crippen molar-refractivity contribution in [2.45, 2.75) is 31.3 Å². The van der Waals surface area contributed by atoms with Crippen LogP contribution in [0, 0.1) is 0 Å². The maximum Gasteiger partial charge on any atom is 0.414 e. The van der Waals surface area contributed by atoms with E-state index in [0.717, 1.165) is 5.56 Å². The van der Waals surface area contributed by atoms with Gasteiger partial charge in [0.05, 0.1) is 19.1 Å².